The predicted octanol–water partition coefficient (Wildman–Crippen LogP) is 12.1. The van der Waals surface area contributed by atoms with Crippen LogP contribution >= 0.6 is 11.3 Å². The van der Waals surface area contributed by atoms with Crippen LogP contribution in [0, 0.1) is 0 Å². The fraction of sp³-hybridized carbons (Fsp3) is 0.649. The molecule has 1 heterocycles. The molecule has 3 aromatic rings. The van der Waals surface area contributed by atoms with Crippen LogP contribution < -0.4 is 10.3 Å². The number of hydrogen-bond acceptors (Lipinski definition) is 3. The first-order valence-corrected chi connectivity index (χ1v) is 17.8. The zero-order chi connectivity index (χ0) is 28.3. The van der Waals surface area contributed by atoms with Gasteiger partial charge in [-0.15, -0.1) is 11.3 Å². The maximum atomic E-state index is 13.3. The molecule has 0 spiro atoms. The fourth-order valence-corrected chi connectivity index (χ4v) is 6.99. The van der Waals surface area contributed by atoms with Gasteiger partial charge in [0.1, 0.15) is 0 Å². The van der Waals surface area contributed by atoms with Crippen LogP contribution in [0.25, 0.3) is 20.2 Å². The minimum Gasteiger partial charge on any atom is -0.372 e. The molecule has 0 fully saturated rings. The monoisotopic (exact) mass is 563 g/mol. The minimum absolute atomic E-state index is 0.184. The highest BCUT2D eigenvalue weighted by molar-refractivity contribution is 7.24. The molecule has 0 saturated carbocycles. The van der Waals surface area contributed by atoms with E-state index in [-0.39, 0.29) is 5.43 Å². The summed E-state index contributed by atoms with van der Waals surface area (Å²) in [6.45, 7) is 6.79. The lowest BCUT2D eigenvalue weighted by molar-refractivity contribution is 0.543. The summed E-state index contributed by atoms with van der Waals surface area (Å²) in [6.07, 6.45) is 27.4. The highest BCUT2D eigenvalue weighted by atomic mass is 32.1. The van der Waals surface area contributed by atoms with Gasteiger partial charge in [-0.3, -0.25) is 4.79 Å². The third kappa shape index (κ3) is 11.6. The normalized spacial score (nSPS) is 11.6. The lowest BCUT2D eigenvalue weighted by atomic mass is 10.1. The van der Waals surface area contributed by atoms with Crippen LogP contribution in [-0.4, -0.2) is 13.1 Å². The quantitative estimate of drug-likeness (QED) is 0.0844. The lowest BCUT2D eigenvalue weighted by Crippen LogP contribution is -2.26. The van der Waals surface area contributed by atoms with E-state index in [1.165, 1.54) is 134 Å². The molecule has 0 aliphatic heterocycles. The Bertz CT molecular complexity index is 1110. The van der Waals surface area contributed by atoms with Crippen LogP contribution in [0.15, 0.2) is 47.3 Å². The summed E-state index contributed by atoms with van der Waals surface area (Å²) in [5.74, 6) is 0. The second-order valence-corrected chi connectivity index (χ2v) is 13.0. The molecular weight excluding hydrogens is 506 g/mol. The standard InChI is InChI=1S/C37H57NOS/c1-3-5-7-9-11-13-15-17-19-23-29-38(30-24-20-18-16-14-12-10-8-6-4-2)32-27-28-36-34(31-32)37(39)33-25-21-22-26-35(33)40-36/h21-22,25-28,31H,3-20,23-24,29-30H2,1-2H3. The Morgan fingerprint density at radius 2 is 0.975 bits per heavy atom. The zero-order valence-electron chi connectivity index (χ0n) is 25.9. The van der Waals surface area contributed by atoms with Crippen molar-refractivity contribution >= 4 is 37.2 Å². The third-order valence-corrected chi connectivity index (χ3v) is 9.64. The van der Waals surface area contributed by atoms with E-state index in [0.717, 1.165) is 33.3 Å². The first-order chi connectivity index (χ1) is 19.7. The number of fused-ring (bicyclic) bond motifs is 2. The molecular formula is C37H57NOS. The number of hydrogen-bond donors (Lipinski definition) is 0. The van der Waals surface area contributed by atoms with Crippen LogP contribution in [0.1, 0.15) is 142 Å². The minimum atomic E-state index is 0.184. The summed E-state index contributed by atoms with van der Waals surface area (Å²) in [4.78, 5) is 15.9. The van der Waals surface area contributed by atoms with Crippen molar-refractivity contribution in [3.8, 4) is 0 Å². The van der Waals surface area contributed by atoms with Crippen molar-refractivity contribution in [3.05, 3.63) is 52.7 Å². The maximum absolute atomic E-state index is 13.3. The third-order valence-electron chi connectivity index (χ3n) is 8.49. The molecule has 40 heavy (non-hydrogen) atoms. The van der Waals surface area contributed by atoms with E-state index in [9.17, 15) is 4.79 Å². The van der Waals surface area contributed by atoms with Gasteiger partial charge in [0, 0.05) is 38.9 Å². The first-order valence-electron chi connectivity index (χ1n) is 16.9. The van der Waals surface area contributed by atoms with Crippen LogP contribution in [0.3, 0.4) is 0 Å². The van der Waals surface area contributed by atoms with E-state index in [0.29, 0.717) is 0 Å². The topological polar surface area (TPSA) is 20.3 Å². The summed E-state index contributed by atoms with van der Waals surface area (Å²) in [6, 6.07) is 14.7. The molecule has 0 N–H and O–H groups in total. The fourth-order valence-electron chi connectivity index (χ4n) is 5.94. The summed E-state index contributed by atoms with van der Waals surface area (Å²) >= 11 is 1.74. The van der Waals surface area contributed by atoms with E-state index >= 15 is 0 Å². The molecule has 0 atom stereocenters. The van der Waals surface area contributed by atoms with E-state index < -0.39 is 0 Å². The van der Waals surface area contributed by atoms with E-state index in [1.807, 2.05) is 18.2 Å². The molecule has 0 radical (unpaired) electrons. The van der Waals surface area contributed by atoms with Gasteiger partial charge in [-0.05, 0) is 43.2 Å². The average molecular weight is 564 g/mol. The Morgan fingerprint density at radius 3 is 1.50 bits per heavy atom. The summed E-state index contributed by atoms with van der Waals surface area (Å²) in [5.41, 5.74) is 1.42. The summed E-state index contributed by atoms with van der Waals surface area (Å²) in [7, 11) is 0. The Labute approximate surface area is 249 Å². The Hall–Kier alpha value is -1.87. The summed E-state index contributed by atoms with van der Waals surface area (Å²) in [5, 5.41) is 1.74. The predicted molar refractivity (Wildman–Crippen MR) is 182 cm³/mol. The second-order valence-electron chi connectivity index (χ2n) is 12.0. The number of unbranched alkanes of at least 4 members (excludes halogenated alkanes) is 18. The SMILES string of the molecule is CCCCCCCCCCCCN(CCCCCCCCCCCC)c1ccc2sc3ccccc3c(=O)c2c1. The molecule has 0 unspecified atom stereocenters. The first kappa shape index (κ1) is 32.6. The van der Waals surface area contributed by atoms with Crippen molar-refractivity contribution in [2.45, 2.75) is 142 Å². The molecule has 0 saturated heterocycles. The highest BCUT2D eigenvalue weighted by Crippen LogP contribution is 2.28. The number of anilines is 1. The Balaban J connectivity index is 1.52. The van der Waals surface area contributed by atoms with Crippen LogP contribution in [0.2, 0.25) is 0 Å². The van der Waals surface area contributed by atoms with Crippen molar-refractivity contribution in [2.24, 2.45) is 0 Å². The van der Waals surface area contributed by atoms with E-state index in [2.05, 4.69) is 43.0 Å². The molecule has 3 rings (SSSR count). The van der Waals surface area contributed by atoms with Crippen LogP contribution in [0.5, 0.6) is 0 Å². The highest BCUT2D eigenvalue weighted by Gasteiger charge is 2.11. The van der Waals surface area contributed by atoms with Crippen LogP contribution in [-0.2, 0) is 0 Å². The van der Waals surface area contributed by atoms with Crippen molar-refractivity contribution in [3.63, 3.8) is 0 Å². The lowest BCUT2D eigenvalue weighted by Gasteiger charge is -2.25. The van der Waals surface area contributed by atoms with Gasteiger partial charge in [-0.2, -0.15) is 0 Å². The van der Waals surface area contributed by atoms with Gasteiger partial charge in [-0.1, -0.05) is 142 Å². The van der Waals surface area contributed by atoms with Crippen molar-refractivity contribution in [2.75, 3.05) is 18.0 Å². The van der Waals surface area contributed by atoms with Crippen molar-refractivity contribution < 1.29 is 0 Å². The summed E-state index contributed by atoms with van der Waals surface area (Å²) < 4.78 is 2.19. The second kappa shape index (κ2) is 20.1. The van der Waals surface area contributed by atoms with Gasteiger partial charge < -0.3 is 4.90 Å². The van der Waals surface area contributed by atoms with Gasteiger partial charge in [0.15, 0.2) is 5.43 Å². The smallest absolute Gasteiger partial charge is 0.195 e. The Morgan fingerprint density at radius 1 is 0.525 bits per heavy atom. The van der Waals surface area contributed by atoms with Crippen LogP contribution in [0.4, 0.5) is 5.69 Å². The number of rotatable bonds is 23. The molecule has 2 aromatic carbocycles. The van der Waals surface area contributed by atoms with Gasteiger partial charge in [0.2, 0.25) is 0 Å². The van der Waals surface area contributed by atoms with Crippen molar-refractivity contribution in [1.29, 1.82) is 0 Å². The maximum Gasteiger partial charge on any atom is 0.195 e. The zero-order valence-corrected chi connectivity index (χ0v) is 26.7. The molecule has 0 aliphatic carbocycles. The van der Waals surface area contributed by atoms with Gasteiger partial charge in [0.25, 0.3) is 0 Å². The van der Waals surface area contributed by atoms with E-state index in [4.69, 9.17) is 0 Å². The van der Waals surface area contributed by atoms with Gasteiger partial charge in [-0.25, -0.2) is 0 Å². The molecule has 0 amide bonds. The molecule has 0 bridgehead atoms. The molecule has 3 heteroatoms. The molecule has 2 nitrogen and oxygen atoms in total. The van der Waals surface area contributed by atoms with Gasteiger partial charge in [0.05, 0.1) is 0 Å². The molecule has 0 aliphatic rings. The van der Waals surface area contributed by atoms with E-state index in [1.54, 1.807) is 11.3 Å². The Kier molecular flexibility index (Phi) is 16.4. The number of nitrogens with zero attached hydrogens (tertiary/aromatic N) is 1. The van der Waals surface area contributed by atoms with Gasteiger partial charge >= 0.3 is 0 Å². The average Bonchev–Trinajstić information content (AvgIpc) is 2.98. The van der Waals surface area contributed by atoms with Crippen molar-refractivity contribution in [1.82, 2.24) is 0 Å². The number of benzene rings is 2. The largest absolute Gasteiger partial charge is 0.372 e. The molecule has 1 aromatic heterocycles. The molecule has 222 valence electrons.